The molecule has 0 aromatic carbocycles. The lowest BCUT2D eigenvalue weighted by molar-refractivity contribution is 0.242. The summed E-state index contributed by atoms with van der Waals surface area (Å²) in [6.45, 7) is 0.239. The lowest BCUT2D eigenvalue weighted by Crippen LogP contribution is -2.39. The Labute approximate surface area is 72.1 Å². The average molecular weight is 160 g/mol. The highest BCUT2D eigenvalue weighted by Gasteiger charge is 2.42. The molecule has 4 atom stereocenters. The van der Waals surface area contributed by atoms with E-state index in [1.165, 1.54) is 5.57 Å². The molecule has 0 radical (unpaired) electrons. The zero-order valence-electron chi connectivity index (χ0n) is 6.85. The lowest BCUT2D eigenvalue weighted by atomic mass is 9.58. The van der Waals surface area contributed by atoms with E-state index in [1.54, 1.807) is 0 Å². The molecule has 0 saturated carbocycles. The number of aliphatic hydroxyl groups excluding tert-OH is 1. The van der Waals surface area contributed by atoms with Crippen molar-refractivity contribution in [3.05, 3.63) is 36.0 Å². The molecule has 0 heterocycles. The van der Waals surface area contributed by atoms with E-state index < -0.39 is 0 Å². The summed E-state index contributed by atoms with van der Waals surface area (Å²) in [7, 11) is 0. The van der Waals surface area contributed by atoms with Crippen molar-refractivity contribution in [3.63, 3.8) is 0 Å². The van der Waals surface area contributed by atoms with Crippen molar-refractivity contribution in [2.75, 3.05) is 6.61 Å². The van der Waals surface area contributed by atoms with Gasteiger partial charge in [-0.15, -0.1) is 0 Å². The van der Waals surface area contributed by atoms with Crippen LogP contribution in [0.4, 0.5) is 0 Å². The Morgan fingerprint density at radius 2 is 1.92 bits per heavy atom. The first-order chi connectivity index (χ1) is 5.90. The molecular weight excluding hydrogens is 148 g/mol. The van der Waals surface area contributed by atoms with Crippen LogP contribution < -0.4 is 0 Å². The van der Waals surface area contributed by atoms with Crippen molar-refractivity contribution in [2.24, 2.45) is 23.7 Å². The molecule has 12 heavy (non-hydrogen) atoms. The first-order valence-electron chi connectivity index (χ1n) is 4.58. The van der Waals surface area contributed by atoms with E-state index in [2.05, 4.69) is 30.4 Å². The maximum atomic E-state index is 9.11. The zero-order chi connectivity index (χ0) is 8.13. The molecule has 1 nitrogen and oxygen atoms in total. The molecule has 2 bridgehead atoms. The molecule has 0 saturated heterocycles. The summed E-state index contributed by atoms with van der Waals surface area (Å²) in [5, 5.41) is 9.11. The van der Waals surface area contributed by atoms with E-state index >= 15 is 0 Å². The Kier molecular flexibility index (Phi) is 1.17. The van der Waals surface area contributed by atoms with E-state index in [9.17, 15) is 0 Å². The van der Waals surface area contributed by atoms with Crippen LogP contribution in [0.2, 0.25) is 0 Å². The van der Waals surface area contributed by atoms with Crippen LogP contribution in [0.1, 0.15) is 0 Å². The molecule has 0 aromatic heterocycles. The summed E-state index contributed by atoms with van der Waals surface area (Å²) in [5.41, 5.74) is 1.23. The first-order valence-corrected chi connectivity index (χ1v) is 4.58. The Hall–Kier alpha value is -0.820. The molecule has 0 aliphatic heterocycles. The minimum atomic E-state index is 0.239. The highest BCUT2D eigenvalue weighted by atomic mass is 16.3. The van der Waals surface area contributed by atoms with Crippen molar-refractivity contribution in [1.82, 2.24) is 0 Å². The largest absolute Gasteiger partial charge is 0.392 e. The van der Waals surface area contributed by atoms with Crippen LogP contribution >= 0.6 is 0 Å². The van der Waals surface area contributed by atoms with Crippen molar-refractivity contribution in [1.29, 1.82) is 0 Å². The topological polar surface area (TPSA) is 20.2 Å². The van der Waals surface area contributed by atoms with Crippen LogP contribution in [0.25, 0.3) is 0 Å². The fraction of sp³-hybridized carbons (Fsp3) is 0.455. The Bertz CT molecular complexity index is 298. The molecule has 62 valence electrons. The quantitative estimate of drug-likeness (QED) is 0.577. The van der Waals surface area contributed by atoms with Crippen LogP contribution in [-0.4, -0.2) is 11.7 Å². The highest BCUT2D eigenvalue weighted by Crippen LogP contribution is 2.49. The number of rotatable bonds is 1. The minimum absolute atomic E-state index is 0.239. The zero-order valence-corrected chi connectivity index (χ0v) is 6.85. The van der Waals surface area contributed by atoms with Crippen molar-refractivity contribution >= 4 is 0 Å². The van der Waals surface area contributed by atoms with E-state index in [0.717, 1.165) is 5.92 Å². The van der Waals surface area contributed by atoms with Crippen LogP contribution in [0.3, 0.4) is 0 Å². The third-order valence-electron chi connectivity index (χ3n) is 3.42. The predicted octanol–water partition coefficient (Wildman–Crippen LogP) is 1.52. The normalized spacial score (nSPS) is 46.9. The predicted molar refractivity (Wildman–Crippen MR) is 47.4 cm³/mol. The number of hydrogen-bond acceptors (Lipinski definition) is 1. The standard InChI is InChI=1S/C11H12O/c12-6-8-5-7-1-2-10(8)11-4-3-9(7)11/h1-5,7,9-12H,6H2/t7-,9-,10-,11-/m1/s1. The lowest BCUT2D eigenvalue weighted by Gasteiger charge is -2.46. The van der Waals surface area contributed by atoms with Gasteiger partial charge >= 0.3 is 0 Å². The fourth-order valence-corrected chi connectivity index (χ4v) is 2.67. The third-order valence-corrected chi connectivity index (χ3v) is 3.42. The van der Waals surface area contributed by atoms with Gasteiger partial charge in [0.1, 0.15) is 0 Å². The van der Waals surface area contributed by atoms with Gasteiger partial charge in [-0.3, -0.25) is 0 Å². The van der Waals surface area contributed by atoms with E-state index in [-0.39, 0.29) is 6.61 Å². The minimum Gasteiger partial charge on any atom is -0.392 e. The summed E-state index contributed by atoms with van der Waals surface area (Å²) >= 11 is 0. The second-order valence-electron chi connectivity index (χ2n) is 3.93. The Morgan fingerprint density at radius 3 is 2.50 bits per heavy atom. The average Bonchev–Trinajstić information content (AvgIpc) is 2.04. The van der Waals surface area contributed by atoms with Gasteiger partial charge in [0.25, 0.3) is 0 Å². The molecule has 0 unspecified atom stereocenters. The van der Waals surface area contributed by atoms with Crippen LogP contribution in [-0.2, 0) is 0 Å². The SMILES string of the molecule is OCC1=C[C@H]2C=C[C@H]1[C@@H]1C=C[C@H]21. The van der Waals surface area contributed by atoms with Gasteiger partial charge in [-0.05, 0) is 17.4 Å². The van der Waals surface area contributed by atoms with E-state index in [0.29, 0.717) is 17.8 Å². The van der Waals surface area contributed by atoms with Gasteiger partial charge in [-0.2, -0.15) is 0 Å². The molecular formula is C11H12O. The molecule has 0 spiro atoms. The molecule has 0 aromatic rings. The number of hydrogen-bond donors (Lipinski definition) is 1. The molecule has 1 heteroatoms. The van der Waals surface area contributed by atoms with Gasteiger partial charge in [0.05, 0.1) is 6.61 Å². The smallest absolute Gasteiger partial charge is 0.0647 e. The summed E-state index contributed by atoms with van der Waals surface area (Å²) in [6, 6.07) is 0. The van der Waals surface area contributed by atoms with Crippen LogP contribution in [0, 0.1) is 23.7 Å². The molecule has 1 N–H and O–H groups in total. The summed E-state index contributed by atoms with van der Waals surface area (Å²) < 4.78 is 0. The summed E-state index contributed by atoms with van der Waals surface area (Å²) in [4.78, 5) is 0. The van der Waals surface area contributed by atoms with Gasteiger partial charge in [-0.1, -0.05) is 30.4 Å². The molecule has 0 fully saturated rings. The first kappa shape index (κ1) is 6.67. The van der Waals surface area contributed by atoms with Gasteiger partial charge in [0.2, 0.25) is 0 Å². The van der Waals surface area contributed by atoms with Crippen molar-refractivity contribution < 1.29 is 5.11 Å². The van der Waals surface area contributed by atoms with Crippen molar-refractivity contribution in [3.8, 4) is 0 Å². The molecule has 4 aliphatic carbocycles. The van der Waals surface area contributed by atoms with Crippen LogP contribution in [0.5, 0.6) is 0 Å². The number of aliphatic hydroxyl groups is 1. The van der Waals surface area contributed by atoms with Gasteiger partial charge in [0.15, 0.2) is 0 Å². The summed E-state index contributed by atoms with van der Waals surface area (Å²) in [6.07, 6.45) is 11.4. The Morgan fingerprint density at radius 1 is 1.08 bits per heavy atom. The van der Waals surface area contributed by atoms with Gasteiger partial charge in [-0.25, -0.2) is 0 Å². The molecule has 4 rings (SSSR count). The fourth-order valence-electron chi connectivity index (χ4n) is 2.67. The van der Waals surface area contributed by atoms with Crippen molar-refractivity contribution in [2.45, 2.75) is 0 Å². The van der Waals surface area contributed by atoms with E-state index in [1.807, 2.05) is 0 Å². The number of allylic oxidation sites excluding steroid dienone is 5. The maximum absolute atomic E-state index is 9.11. The monoisotopic (exact) mass is 160 g/mol. The second-order valence-corrected chi connectivity index (χ2v) is 3.93. The third kappa shape index (κ3) is 0.632. The highest BCUT2D eigenvalue weighted by molar-refractivity contribution is 5.37. The molecule has 0 amide bonds. The Balaban J connectivity index is 2.03. The van der Waals surface area contributed by atoms with Gasteiger partial charge in [0, 0.05) is 11.8 Å². The molecule has 4 aliphatic rings. The summed E-state index contributed by atoms with van der Waals surface area (Å²) in [5.74, 6) is 2.53. The van der Waals surface area contributed by atoms with Crippen LogP contribution in [0.15, 0.2) is 36.0 Å². The second kappa shape index (κ2) is 2.11. The van der Waals surface area contributed by atoms with E-state index in [4.69, 9.17) is 5.11 Å². The van der Waals surface area contributed by atoms with Gasteiger partial charge < -0.3 is 5.11 Å². The maximum Gasteiger partial charge on any atom is 0.0647 e.